The summed E-state index contributed by atoms with van der Waals surface area (Å²) in [7, 11) is 0. The van der Waals surface area contributed by atoms with Crippen LogP contribution in [0.4, 0.5) is 0 Å². The van der Waals surface area contributed by atoms with E-state index in [-0.39, 0.29) is 5.41 Å². The van der Waals surface area contributed by atoms with Gasteiger partial charge in [-0.15, -0.1) is 0 Å². The van der Waals surface area contributed by atoms with Gasteiger partial charge in [-0.3, -0.25) is 0 Å². The van der Waals surface area contributed by atoms with Crippen molar-refractivity contribution in [3.8, 4) is 0 Å². The summed E-state index contributed by atoms with van der Waals surface area (Å²) in [5.74, 6) is 0. The highest BCUT2D eigenvalue weighted by Crippen LogP contribution is 2.21. The summed E-state index contributed by atoms with van der Waals surface area (Å²) in [4.78, 5) is 0. The molecule has 0 aliphatic carbocycles. The Morgan fingerprint density at radius 2 is 1.59 bits per heavy atom. The van der Waals surface area contributed by atoms with E-state index in [1.54, 1.807) is 0 Å². The lowest BCUT2D eigenvalue weighted by Crippen LogP contribution is -2.34. The first-order chi connectivity index (χ1) is 7.93. The van der Waals surface area contributed by atoms with Crippen LogP contribution in [0.1, 0.15) is 51.7 Å². The second kappa shape index (κ2) is 6.20. The molecule has 0 aliphatic rings. The highest BCUT2D eigenvalue weighted by atomic mass is 14.7. The zero-order chi connectivity index (χ0) is 12.9. The summed E-state index contributed by atoms with van der Waals surface area (Å²) < 4.78 is 0. The predicted molar refractivity (Wildman–Crippen MR) is 76.2 cm³/mol. The SMILES string of the molecule is CCc1ccc(CCCC(N)C(C)(C)C)cc1. The molecule has 1 atom stereocenters. The first-order valence-corrected chi connectivity index (χ1v) is 6.77. The summed E-state index contributed by atoms with van der Waals surface area (Å²) in [5, 5.41) is 0. The quantitative estimate of drug-likeness (QED) is 0.819. The molecule has 1 unspecified atom stereocenters. The summed E-state index contributed by atoms with van der Waals surface area (Å²) in [6.07, 6.45) is 4.56. The van der Waals surface area contributed by atoms with E-state index in [0.717, 1.165) is 19.3 Å². The summed E-state index contributed by atoms with van der Waals surface area (Å²) >= 11 is 0. The second-order valence-corrected chi connectivity index (χ2v) is 6.03. The van der Waals surface area contributed by atoms with Crippen molar-refractivity contribution in [2.75, 3.05) is 0 Å². The van der Waals surface area contributed by atoms with Gasteiger partial charge in [-0.25, -0.2) is 0 Å². The van der Waals surface area contributed by atoms with Crippen molar-refractivity contribution < 1.29 is 0 Å². The molecular weight excluding hydrogens is 206 g/mol. The van der Waals surface area contributed by atoms with E-state index >= 15 is 0 Å². The number of hydrogen-bond donors (Lipinski definition) is 1. The van der Waals surface area contributed by atoms with Crippen LogP contribution in [0.3, 0.4) is 0 Å². The Kier molecular flexibility index (Phi) is 5.20. The van der Waals surface area contributed by atoms with Crippen LogP contribution in [0.5, 0.6) is 0 Å². The summed E-state index contributed by atoms with van der Waals surface area (Å²) in [6.45, 7) is 8.84. The maximum Gasteiger partial charge on any atom is 0.00877 e. The van der Waals surface area contributed by atoms with Crippen LogP contribution in [-0.4, -0.2) is 6.04 Å². The minimum Gasteiger partial charge on any atom is -0.327 e. The fraction of sp³-hybridized carbons (Fsp3) is 0.625. The third kappa shape index (κ3) is 4.91. The maximum atomic E-state index is 6.16. The van der Waals surface area contributed by atoms with Crippen LogP contribution in [-0.2, 0) is 12.8 Å². The smallest absolute Gasteiger partial charge is 0.00877 e. The molecule has 1 aromatic carbocycles. The Labute approximate surface area is 106 Å². The molecule has 96 valence electrons. The third-order valence-corrected chi connectivity index (χ3v) is 3.52. The molecule has 0 heterocycles. The monoisotopic (exact) mass is 233 g/mol. The first-order valence-electron chi connectivity index (χ1n) is 6.77. The standard InChI is InChI=1S/C16H27N/c1-5-13-9-11-14(12-10-13)7-6-8-15(17)16(2,3)4/h9-12,15H,5-8,17H2,1-4H3. The fourth-order valence-corrected chi connectivity index (χ4v) is 1.90. The van der Waals surface area contributed by atoms with Gasteiger partial charge >= 0.3 is 0 Å². The van der Waals surface area contributed by atoms with Crippen LogP contribution >= 0.6 is 0 Å². The minimum atomic E-state index is 0.228. The van der Waals surface area contributed by atoms with E-state index in [4.69, 9.17) is 5.73 Å². The number of aryl methyl sites for hydroxylation is 2. The van der Waals surface area contributed by atoms with Gasteiger partial charge in [-0.1, -0.05) is 52.0 Å². The molecule has 0 saturated heterocycles. The van der Waals surface area contributed by atoms with Crippen LogP contribution < -0.4 is 5.73 Å². The van der Waals surface area contributed by atoms with E-state index in [2.05, 4.69) is 52.0 Å². The zero-order valence-electron chi connectivity index (χ0n) is 11.8. The molecular formula is C16H27N. The largest absolute Gasteiger partial charge is 0.327 e. The number of benzene rings is 1. The van der Waals surface area contributed by atoms with Crippen molar-refractivity contribution in [2.24, 2.45) is 11.1 Å². The number of hydrogen-bond acceptors (Lipinski definition) is 1. The van der Waals surface area contributed by atoms with Gasteiger partial charge in [0.15, 0.2) is 0 Å². The van der Waals surface area contributed by atoms with Gasteiger partial charge in [0.25, 0.3) is 0 Å². The normalized spacial score (nSPS) is 13.7. The first kappa shape index (κ1) is 14.2. The second-order valence-electron chi connectivity index (χ2n) is 6.03. The molecule has 1 heteroatoms. The maximum absolute atomic E-state index is 6.16. The molecule has 1 nitrogen and oxygen atoms in total. The topological polar surface area (TPSA) is 26.0 Å². The molecule has 0 spiro atoms. The average molecular weight is 233 g/mol. The van der Waals surface area contributed by atoms with Crippen LogP contribution in [0.25, 0.3) is 0 Å². The molecule has 0 fully saturated rings. The van der Waals surface area contributed by atoms with E-state index in [1.165, 1.54) is 17.5 Å². The Bertz CT molecular complexity index is 318. The lowest BCUT2D eigenvalue weighted by molar-refractivity contribution is 0.301. The van der Waals surface area contributed by atoms with Gasteiger partial charge < -0.3 is 5.73 Å². The lowest BCUT2D eigenvalue weighted by Gasteiger charge is -2.26. The van der Waals surface area contributed by atoms with Gasteiger partial charge in [0.2, 0.25) is 0 Å². The fourth-order valence-electron chi connectivity index (χ4n) is 1.90. The molecule has 0 aliphatic heterocycles. The minimum absolute atomic E-state index is 0.228. The summed E-state index contributed by atoms with van der Waals surface area (Å²) in [5.41, 5.74) is 9.24. The average Bonchev–Trinajstić information content (AvgIpc) is 2.28. The molecule has 1 aromatic rings. The molecule has 0 amide bonds. The molecule has 0 aromatic heterocycles. The van der Waals surface area contributed by atoms with Crippen LogP contribution in [0.2, 0.25) is 0 Å². The van der Waals surface area contributed by atoms with Gasteiger partial charge in [-0.05, 0) is 42.2 Å². The van der Waals surface area contributed by atoms with E-state index in [0.29, 0.717) is 6.04 Å². The van der Waals surface area contributed by atoms with Crippen molar-refractivity contribution in [3.05, 3.63) is 35.4 Å². The predicted octanol–water partition coefficient (Wildman–Crippen LogP) is 3.95. The van der Waals surface area contributed by atoms with E-state index in [9.17, 15) is 0 Å². The third-order valence-electron chi connectivity index (χ3n) is 3.52. The Morgan fingerprint density at radius 3 is 2.06 bits per heavy atom. The van der Waals surface area contributed by atoms with Crippen molar-refractivity contribution in [1.29, 1.82) is 0 Å². The van der Waals surface area contributed by atoms with E-state index in [1.807, 2.05) is 0 Å². The van der Waals surface area contributed by atoms with Crippen molar-refractivity contribution in [3.63, 3.8) is 0 Å². The lowest BCUT2D eigenvalue weighted by atomic mass is 9.84. The number of rotatable bonds is 5. The highest BCUT2D eigenvalue weighted by molar-refractivity contribution is 5.22. The van der Waals surface area contributed by atoms with Crippen LogP contribution in [0.15, 0.2) is 24.3 Å². The van der Waals surface area contributed by atoms with Crippen LogP contribution in [0, 0.1) is 5.41 Å². The number of nitrogens with two attached hydrogens (primary N) is 1. The van der Waals surface area contributed by atoms with Crippen molar-refractivity contribution in [2.45, 2.75) is 59.4 Å². The van der Waals surface area contributed by atoms with Gasteiger partial charge in [-0.2, -0.15) is 0 Å². The molecule has 1 rings (SSSR count). The molecule has 0 bridgehead atoms. The van der Waals surface area contributed by atoms with Crippen molar-refractivity contribution in [1.82, 2.24) is 0 Å². The molecule has 2 N–H and O–H groups in total. The van der Waals surface area contributed by atoms with Gasteiger partial charge in [0, 0.05) is 6.04 Å². The Hall–Kier alpha value is -0.820. The molecule has 0 saturated carbocycles. The van der Waals surface area contributed by atoms with E-state index < -0.39 is 0 Å². The summed E-state index contributed by atoms with van der Waals surface area (Å²) in [6, 6.07) is 9.28. The highest BCUT2D eigenvalue weighted by Gasteiger charge is 2.19. The Balaban J connectivity index is 2.35. The van der Waals surface area contributed by atoms with Gasteiger partial charge in [0.1, 0.15) is 0 Å². The molecule has 17 heavy (non-hydrogen) atoms. The van der Waals surface area contributed by atoms with Crippen molar-refractivity contribution >= 4 is 0 Å². The zero-order valence-corrected chi connectivity index (χ0v) is 11.8. The van der Waals surface area contributed by atoms with Gasteiger partial charge in [0.05, 0.1) is 0 Å². The molecule has 0 radical (unpaired) electrons. The Morgan fingerprint density at radius 1 is 1.06 bits per heavy atom.